The van der Waals surface area contributed by atoms with E-state index in [4.69, 9.17) is 0 Å². The Morgan fingerprint density at radius 1 is 1.08 bits per heavy atom. The van der Waals surface area contributed by atoms with Gasteiger partial charge in [0.25, 0.3) is 0 Å². The second-order valence-electron chi connectivity index (χ2n) is 4.92. The lowest BCUT2D eigenvalue weighted by Crippen LogP contribution is -2.51. The predicted molar refractivity (Wildman–Crippen MR) is 55.1 cm³/mol. The fourth-order valence-corrected chi connectivity index (χ4v) is 3.18. The minimum Gasteiger partial charge on any atom is -0.0683 e. The quantitative estimate of drug-likeness (QED) is 0.511. The second-order valence-corrected chi connectivity index (χ2v) is 4.92. The molecule has 1 unspecified atom stereocenters. The van der Waals surface area contributed by atoms with Gasteiger partial charge in [-0.15, -0.1) is 0 Å². The molecule has 0 saturated heterocycles. The third kappa shape index (κ3) is 1.30. The van der Waals surface area contributed by atoms with Crippen LogP contribution in [-0.2, 0) is 0 Å². The normalized spacial score (nSPS) is 42.2. The van der Waals surface area contributed by atoms with Crippen molar-refractivity contribution in [1.29, 1.82) is 0 Å². The molecule has 0 aliphatic heterocycles. The largest absolute Gasteiger partial charge is 0.0683 e. The van der Waals surface area contributed by atoms with Crippen molar-refractivity contribution >= 4 is 0 Å². The standard InChI is InChI=1S/C10H18.C2H6/c1-7-4-5-8-6-9(7)10(8,2)3;1-2/h7-9H,4-6H2,1-3H3;1-2H3/t7?,8-,9-;/m1./s1. The first-order valence-electron chi connectivity index (χ1n) is 5.62. The van der Waals surface area contributed by atoms with Gasteiger partial charge in [-0.05, 0) is 36.0 Å². The first-order valence-corrected chi connectivity index (χ1v) is 5.62. The molecule has 0 heterocycles. The van der Waals surface area contributed by atoms with Crippen molar-refractivity contribution in [2.45, 2.75) is 53.9 Å². The summed E-state index contributed by atoms with van der Waals surface area (Å²) in [6.45, 7) is 11.4. The van der Waals surface area contributed by atoms with Gasteiger partial charge in [-0.25, -0.2) is 0 Å². The molecule has 3 saturated carbocycles. The van der Waals surface area contributed by atoms with Gasteiger partial charge in [0.1, 0.15) is 0 Å². The van der Waals surface area contributed by atoms with Crippen molar-refractivity contribution in [3.63, 3.8) is 0 Å². The molecule has 0 aromatic heterocycles. The molecule has 3 rings (SSSR count). The number of rotatable bonds is 0. The number of hydrogen-bond acceptors (Lipinski definition) is 0. The van der Waals surface area contributed by atoms with Crippen LogP contribution in [-0.4, -0.2) is 0 Å². The number of hydrogen-bond donors (Lipinski definition) is 0. The highest BCUT2D eigenvalue weighted by molar-refractivity contribution is 5.01. The van der Waals surface area contributed by atoms with Crippen LogP contribution in [0.15, 0.2) is 0 Å². The van der Waals surface area contributed by atoms with Crippen LogP contribution >= 0.6 is 0 Å². The molecule has 0 aromatic carbocycles. The Kier molecular flexibility index (Phi) is 2.85. The van der Waals surface area contributed by atoms with Gasteiger partial charge in [-0.2, -0.15) is 0 Å². The molecule has 0 aromatic rings. The zero-order valence-electron chi connectivity index (χ0n) is 9.35. The molecule has 2 bridgehead atoms. The van der Waals surface area contributed by atoms with Crippen LogP contribution in [0.3, 0.4) is 0 Å². The van der Waals surface area contributed by atoms with E-state index in [9.17, 15) is 0 Å². The molecule has 0 radical (unpaired) electrons. The van der Waals surface area contributed by atoms with Crippen molar-refractivity contribution in [3.8, 4) is 0 Å². The lowest BCUT2D eigenvalue weighted by atomic mass is 9.46. The van der Waals surface area contributed by atoms with Crippen LogP contribution in [0.25, 0.3) is 0 Å². The van der Waals surface area contributed by atoms with Crippen molar-refractivity contribution < 1.29 is 0 Å². The molecule has 72 valence electrons. The van der Waals surface area contributed by atoms with Gasteiger partial charge < -0.3 is 0 Å². The Hall–Kier alpha value is 0. The van der Waals surface area contributed by atoms with Gasteiger partial charge in [0.05, 0.1) is 0 Å². The third-order valence-electron chi connectivity index (χ3n) is 4.20. The fourth-order valence-electron chi connectivity index (χ4n) is 3.18. The first-order chi connectivity index (χ1) is 5.62. The highest BCUT2D eigenvalue weighted by Crippen LogP contribution is 2.61. The summed E-state index contributed by atoms with van der Waals surface area (Å²) in [6.07, 6.45) is 4.54. The average Bonchev–Trinajstić information content (AvgIpc) is 2.07. The van der Waals surface area contributed by atoms with Gasteiger partial charge in [0.2, 0.25) is 0 Å². The zero-order valence-corrected chi connectivity index (χ0v) is 9.35. The van der Waals surface area contributed by atoms with E-state index in [0.717, 1.165) is 17.8 Å². The first kappa shape index (κ1) is 10.1. The van der Waals surface area contributed by atoms with Crippen molar-refractivity contribution in [2.24, 2.45) is 23.2 Å². The van der Waals surface area contributed by atoms with Crippen molar-refractivity contribution in [3.05, 3.63) is 0 Å². The molecule has 3 atom stereocenters. The Balaban J connectivity index is 0.000000336. The van der Waals surface area contributed by atoms with Crippen molar-refractivity contribution in [2.75, 3.05) is 0 Å². The van der Waals surface area contributed by atoms with E-state index in [1.54, 1.807) is 0 Å². The molecule has 0 N–H and O–H groups in total. The van der Waals surface area contributed by atoms with E-state index < -0.39 is 0 Å². The Labute approximate surface area is 77.7 Å². The molecule has 0 nitrogen and oxygen atoms in total. The van der Waals surface area contributed by atoms with Gasteiger partial charge in [-0.1, -0.05) is 41.0 Å². The van der Waals surface area contributed by atoms with Crippen LogP contribution < -0.4 is 0 Å². The van der Waals surface area contributed by atoms with E-state index in [1.165, 1.54) is 19.3 Å². The minimum atomic E-state index is 0.706. The Morgan fingerprint density at radius 3 is 1.92 bits per heavy atom. The van der Waals surface area contributed by atoms with Crippen LogP contribution in [0, 0.1) is 23.2 Å². The van der Waals surface area contributed by atoms with Gasteiger partial charge in [0, 0.05) is 0 Å². The molecular formula is C12H24. The third-order valence-corrected chi connectivity index (χ3v) is 4.20. The number of fused-ring (bicyclic) bond motifs is 2. The topological polar surface area (TPSA) is 0 Å². The van der Waals surface area contributed by atoms with Crippen LogP contribution in [0.5, 0.6) is 0 Å². The summed E-state index contributed by atoms with van der Waals surface area (Å²) in [5.41, 5.74) is 0.706. The highest BCUT2D eigenvalue weighted by Gasteiger charge is 2.52. The zero-order chi connectivity index (χ0) is 9.35. The van der Waals surface area contributed by atoms with Crippen molar-refractivity contribution in [1.82, 2.24) is 0 Å². The van der Waals surface area contributed by atoms with Gasteiger partial charge in [0.15, 0.2) is 0 Å². The van der Waals surface area contributed by atoms with E-state index in [0.29, 0.717) is 5.41 Å². The maximum Gasteiger partial charge on any atom is -0.0295 e. The molecule has 0 amide bonds. The monoisotopic (exact) mass is 168 g/mol. The maximum absolute atomic E-state index is 2.46. The SMILES string of the molecule is CC.CC1CC[C@@H]2C[C@H]1C2(C)C. The average molecular weight is 168 g/mol. The van der Waals surface area contributed by atoms with Gasteiger partial charge in [-0.3, -0.25) is 0 Å². The lowest BCUT2D eigenvalue weighted by molar-refractivity contribution is -0.0988. The Bertz CT molecular complexity index is 144. The molecule has 12 heavy (non-hydrogen) atoms. The fraction of sp³-hybridized carbons (Fsp3) is 1.00. The summed E-state index contributed by atoms with van der Waals surface area (Å²) in [6, 6.07) is 0. The summed E-state index contributed by atoms with van der Waals surface area (Å²) >= 11 is 0. The van der Waals surface area contributed by atoms with Crippen LogP contribution in [0.2, 0.25) is 0 Å². The molecule has 0 heteroatoms. The van der Waals surface area contributed by atoms with E-state index in [2.05, 4.69) is 20.8 Å². The summed E-state index contributed by atoms with van der Waals surface area (Å²) in [4.78, 5) is 0. The van der Waals surface area contributed by atoms with Gasteiger partial charge >= 0.3 is 0 Å². The van der Waals surface area contributed by atoms with E-state index in [1.807, 2.05) is 13.8 Å². The summed E-state index contributed by atoms with van der Waals surface area (Å²) in [5.74, 6) is 3.15. The van der Waals surface area contributed by atoms with E-state index in [-0.39, 0.29) is 0 Å². The second kappa shape index (κ2) is 3.40. The summed E-state index contributed by atoms with van der Waals surface area (Å²) < 4.78 is 0. The molecule has 3 aliphatic carbocycles. The van der Waals surface area contributed by atoms with E-state index >= 15 is 0 Å². The molecule has 3 aliphatic rings. The smallest absolute Gasteiger partial charge is 0.0295 e. The summed E-state index contributed by atoms with van der Waals surface area (Å²) in [7, 11) is 0. The molecular weight excluding hydrogens is 144 g/mol. The maximum atomic E-state index is 2.46. The van der Waals surface area contributed by atoms with Crippen LogP contribution in [0.1, 0.15) is 53.9 Å². The molecule has 0 spiro atoms. The predicted octanol–water partition coefficient (Wildman–Crippen LogP) is 4.10. The molecule has 3 fully saturated rings. The lowest BCUT2D eigenvalue weighted by Gasteiger charge is -2.59. The Morgan fingerprint density at radius 2 is 1.67 bits per heavy atom. The summed E-state index contributed by atoms with van der Waals surface area (Å²) in [5, 5.41) is 0. The van der Waals surface area contributed by atoms with Crippen LogP contribution in [0.4, 0.5) is 0 Å². The highest BCUT2D eigenvalue weighted by atomic mass is 14.6. The minimum absolute atomic E-state index is 0.706.